The van der Waals surface area contributed by atoms with E-state index in [0.717, 1.165) is 0 Å². The average molecular weight is 535 g/mol. The molecule has 0 saturated heterocycles. The fourth-order valence-corrected chi connectivity index (χ4v) is 8.75. The second-order valence-corrected chi connectivity index (χ2v) is 12.3. The largest absolute Gasteiger partial charge is 0.462 e. The third-order valence-electron chi connectivity index (χ3n) is 9.72. The summed E-state index contributed by atoms with van der Waals surface area (Å²) < 4.78 is 23.3. The van der Waals surface area contributed by atoms with Crippen LogP contribution in [0.15, 0.2) is 12.2 Å². The van der Waals surface area contributed by atoms with Crippen molar-refractivity contribution < 1.29 is 48.0 Å². The Bertz CT molecular complexity index is 1090. The third kappa shape index (κ3) is 3.89. The molecule has 0 amide bonds. The maximum atomic E-state index is 14.2. The van der Waals surface area contributed by atoms with E-state index in [1.54, 1.807) is 0 Å². The number of esters is 4. The molecular formula is C28H38O10. The summed E-state index contributed by atoms with van der Waals surface area (Å²) in [7, 11) is 0. The van der Waals surface area contributed by atoms with Gasteiger partial charge in [-0.2, -0.15) is 0 Å². The molecule has 10 heteroatoms. The Kier molecular flexibility index (Phi) is 6.82. The van der Waals surface area contributed by atoms with Crippen LogP contribution in [-0.2, 0) is 42.9 Å². The first kappa shape index (κ1) is 28.3. The lowest BCUT2D eigenvalue weighted by Gasteiger charge is -2.69. The lowest BCUT2D eigenvalue weighted by Crippen LogP contribution is -2.77. The maximum absolute atomic E-state index is 14.2. The highest BCUT2D eigenvalue weighted by Gasteiger charge is 2.80. The second-order valence-electron chi connectivity index (χ2n) is 12.3. The van der Waals surface area contributed by atoms with Crippen LogP contribution < -0.4 is 0 Å². The zero-order chi connectivity index (χ0) is 28.5. The van der Waals surface area contributed by atoms with Crippen molar-refractivity contribution in [2.75, 3.05) is 0 Å². The first-order valence-electron chi connectivity index (χ1n) is 13.1. The highest BCUT2D eigenvalue weighted by molar-refractivity contribution is 6.04. The summed E-state index contributed by atoms with van der Waals surface area (Å²) in [6.07, 6.45) is -4.46. The van der Waals surface area contributed by atoms with Crippen LogP contribution in [0.2, 0.25) is 0 Å². The van der Waals surface area contributed by atoms with Gasteiger partial charge in [-0.3, -0.25) is 24.0 Å². The standard InChI is InChI=1S/C28H38O10/c1-12-17-9-18(35-13(2)29)22-27(8)19(33)10-20(36-14(3)30)26(6,7)23(27)21(37-15(4)31)25(38-16(5)32)28(22,11-17)24(12)34/h17-23,25,33H,1,9-11H2,2-8H3/t17-,18-,19-,20-,21+,22-,23+,25-,27-,28-/m0/s1. The quantitative estimate of drug-likeness (QED) is 0.324. The van der Waals surface area contributed by atoms with E-state index in [1.807, 2.05) is 20.8 Å². The molecule has 38 heavy (non-hydrogen) atoms. The van der Waals surface area contributed by atoms with E-state index < -0.39 is 82.5 Å². The van der Waals surface area contributed by atoms with Crippen molar-refractivity contribution >= 4 is 29.7 Å². The second kappa shape index (κ2) is 9.17. The van der Waals surface area contributed by atoms with Crippen LogP contribution >= 0.6 is 0 Å². The molecule has 0 aromatic rings. The lowest BCUT2D eigenvalue weighted by atomic mass is 9.37. The first-order valence-corrected chi connectivity index (χ1v) is 13.1. The summed E-state index contributed by atoms with van der Waals surface area (Å²) in [6.45, 7) is 14.5. The van der Waals surface area contributed by atoms with Gasteiger partial charge in [-0.05, 0) is 24.3 Å². The number of rotatable bonds is 4. The molecule has 2 bridgehead atoms. The van der Waals surface area contributed by atoms with E-state index in [4.69, 9.17) is 18.9 Å². The van der Waals surface area contributed by atoms with E-state index in [-0.39, 0.29) is 24.5 Å². The zero-order valence-electron chi connectivity index (χ0n) is 23.1. The summed E-state index contributed by atoms with van der Waals surface area (Å²) in [5.74, 6) is -4.63. The molecule has 4 aliphatic rings. The van der Waals surface area contributed by atoms with Crippen molar-refractivity contribution in [2.45, 2.75) is 98.2 Å². The molecular weight excluding hydrogens is 496 g/mol. The molecule has 0 aliphatic heterocycles. The Hall–Kier alpha value is -2.75. The number of hydrogen-bond donors (Lipinski definition) is 1. The molecule has 4 aliphatic carbocycles. The Labute approximate surface area is 222 Å². The van der Waals surface area contributed by atoms with Gasteiger partial charge in [-0.1, -0.05) is 27.4 Å². The smallest absolute Gasteiger partial charge is 0.303 e. The highest BCUT2D eigenvalue weighted by Crippen LogP contribution is 2.72. The monoisotopic (exact) mass is 534 g/mol. The van der Waals surface area contributed by atoms with Crippen LogP contribution in [0.1, 0.15) is 67.7 Å². The number of Topliss-reactive ketones (excluding diaryl/α,β-unsaturated/α-hetero) is 1. The topological polar surface area (TPSA) is 143 Å². The Morgan fingerprint density at radius 2 is 1.39 bits per heavy atom. The minimum absolute atomic E-state index is 0.0581. The number of carbonyl (C=O) groups is 5. The van der Waals surface area contributed by atoms with E-state index in [2.05, 4.69) is 6.58 Å². The van der Waals surface area contributed by atoms with Crippen molar-refractivity contribution in [1.82, 2.24) is 0 Å². The van der Waals surface area contributed by atoms with Crippen molar-refractivity contribution in [2.24, 2.45) is 34.0 Å². The van der Waals surface area contributed by atoms with Gasteiger partial charge in [0.1, 0.15) is 18.3 Å². The van der Waals surface area contributed by atoms with Crippen LogP contribution in [0.25, 0.3) is 0 Å². The lowest BCUT2D eigenvalue weighted by molar-refractivity contribution is -0.309. The first-order chi connectivity index (χ1) is 17.5. The number of aliphatic hydroxyl groups is 1. The molecule has 1 N–H and O–H groups in total. The third-order valence-corrected chi connectivity index (χ3v) is 9.72. The summed E-state index contributed by atoms with van der Waals surface area (Å²) in [5, 5.41) is 11.9. The summed E-state index contributed by atoms with van der Waals surface area (Å²) in [4.78, 5) is 63.5. The normalized spacial score (nSPS) is 42.8. The van der Waals surface area contributed by atoms with Crippen LogP contribution in [0.5, 0.6) is 0 Å². The number of ether oxygens (including phenoxy) is 4. The minimum Gasteiger partial charge on any atom is -0.462 e. The summed E-state index contributed by atoms with van der Waals surface area (Å²) >= 11 is 0. The van der Waals surface area contributed by atoms with Gasteiger partial charge >= 0.3 is 23.9 Å². The van der Waals surface area contributed by atoms with Crippen LogP contribution in [-0.4, -0.2) is 65.3 Å². The molecule has 1 spiro atoms. The molecule has 210 valence electrons. The minimum atomic E-state index is -1.44. The van der Waals surface area contributed by atoms with Crippen molar-refractivity contribution in [3.63, 3.8) is 0 Å². The molecule has 4 rings (SSSR count). The van der Waals surface area contributed by atoms with Gasteiger partial charge in [-0.15, -0.1) is 0 Å². The van der Waals surface area contributed by atoms with E-state index >= 15 is 0 Å². The van der Waals surface area contributed by atoms with Gasteiger partial charge in [0.25, 0.3) is 0 Å². The number of fused-ring (bicyclic) bond motifs is 3. The van der Waals surface area contributed by atoms with Crippen molar-refractivity contribution in [1.29, 1.82) is 0 Å². The number of hydrogen-bond acceptors (Lipinski definition) is 10. The van der Waals surface area contributed by atoms with Gasteiger partial charge in [0.05, 0.1) is 11.5 Å². The Morgan fingerprint density at radius 3 is 1.92 bits per heavy atom. The van der Waals surface area contributed by atoms with Gasteiger partial charge in [0.2, 0.25) is 0 Å². The van der Waals surface area contributed by atoms with Crippen LogP contribution in [0.3, 0.4) is 0 Å². The molecule has 4 fully saturated rings. The predicted octanol–water partition coefficient (Wildman–Crippen LogP) is 2.29. The molecule has 4 saturated carbocycles. The van der Waals surface area contributed by atoms with E-state index in [9.17, 15) is 29.1 Å². The Balaban J connectivity index is 2.04. The van der Waals surface area contributed by atoms with Crippen molar-refractivity contribution in [3.8, 4) is 0 Å². The van der Waals surface area contributed by atoms with Gasteiger partial charge in [-0.25, -0.2) is 0 Å². The number of aliphatic hydroxyl groups excluding tert-OH is 1. The molecule has 0 heterocycles. The molecule has 0 aromatic carbocycles. The summed E-state index contributed by atoms with van der Waals surface area (Å²) in [5.41, 5.74) is -3.20. The van der Waals surface area contributed by atoms with E-state index in [0.29, 0.717) is 12.0 Å². The molecule has 0 aromatic heterocycles. The van der Waals surface area contributed by atoms with Crippen LogP contribution in [0, 0.1) is 34.0 Å². The highest BCUT2D eigenvalue weighted by atomic mass is 16.6. The predicted molar refractivity (Wildman–Crippen MR) is 131 cm³/mol. The fourth-order valence-electron chi connectivity index (χ4n) is 8.75. The van der Waals surface area contributed by atoms with Gasteiger partial charge in [0, 0.05) is 56.8 Å². The molecule has 0 unspecified atom stereocenters. The number of ketones is 1. The number of carbonyl (C=O) groups excluding carboxylic acids is 5. The Morgan fingerprint density at radius 1 is 0.842 bits per heavy atom. The SMILES string of the molecule is C=C1C(=O)[C@]23C[C@@H]1C[C@H](OC(C)=O)[C@H]2[C@@]1(C)[C@H]([C@@H](OC(C)=O)[C@@H]3OC(C)=O)C(C)(C)[C@@H](OC(C)=O)C[C@@H]1O. The van der Waals surface area contributed by atoms with Crippen LogP contribution in [0.4, 0.5) is 0 Å². The zero-order valence-corrected chi connectivity index (χ0v) is 23.1. The summed E-state index contributed by atoms with van der Waals surface area (Å²) in [6, 6.07) is 0. The van der Waals surface area contributed by atoms with Crippen molar-refractivity contribution in [3.05, 3.63) is 12.2 Å². The van der Waals surface area contributed by atoms with Gasteiger partial charge in [0.15, 0.2) is 11.9 Å². The van der Waals surface area contributed by atoms with Gasteiger partial charge < -0.3 is 24.1 Å². The van der Waals surface area contributed by atoms with E-state index in [1.165, 1.54) is 27.7 Å². The molecule has 10 atom stereocenters. The fraction of sp³-hybridized carbons (Fsp3) is 0.750. The average Bonchev–Trinajstić information content (AvgIpc) is 2.95. The molecule has 10 nitrogen and oxygen atoms in total. The molecule has 0 radical (unpaired) electrons. The maximum Gasteiger partial charge on any atom is 0.303 e. The number of allylic oxidation sites excluding steroid dienone is 1.